The molecule has 1 amide bonds. The normalized spacial score (nSPS) is 32.3. The van der Waals surface area contributed by atoms with Crippen LogP contribution in [0.15, 0.2) is 0 Å². The van der Waals surface area contributed by atoms with Gasteiger partial charge in [0.15, 0.2) is 0 Å². The molecule has 3 rings (SSSR count). The lowest BCUT2D eigenvalue weighted by Crippen LogP contribution is -2.45. The van der Waals surface area contributed by atoms with Gasteiger partial charge in [0.05, 0.1) is 19.1 Å². The van der Waals surface area contributed by atoms with Gasteiger partial charge in [-0.15, -0.1) is 0 Å². The van der Waals surface area contributed by atoms with Gasteiger partial charge >= 0.3 is 0 Å². The maximum atomic E-state index is 12.3. The van der Waals surface area contributed by atoms with Crippen LogP contribution in [0, 0.1) is 17.3 Å². The molecule has 0 spiro atoms. The minimum atomic E-state index is 0.00144. The molecule has 4 nitrogen and oxygen atoms in total. The van der Waals surface area contributed by atoms with Crippen molar-refractivity contribution in [2.45, 2.75) is 45.1 Å². The monoisotopic (exact) mass is 266 g/mol. The lowest BCUT2D eigenvalue weighted by molar-refractivity contribution is -0.125. The van der Waals surface area contributed by atoms with Crippen molar-refractivity contribution in [3.05, 3.63) is 0 Å². The number of hydrogen-bond donors (Lipinski definition) is 2. The summed E-state index contributed by atoms with van der Waals surface area (Å²) >= 11 is 0. The maximum absolute atomic E-state index is 12.3. The van der Waals surface area contributed by atoms with Crippen molar-refractivity contribution in [3.63, 3.8) is 0 Å². The average molecular weight is 266 g/mol. The standard InChI is InChI=1S/C15H26N2O2/c1-2-7-16-13-9-19-8-12(13)14(18)17-10-15(5-6-15)11-3-4-11/h11-13,16H,2-10H2,1H3,(H,17,18). The fourth-order valence-electron chi connectivity index (χ4n) is 3.32. The quantitative estimate of drug-likeness (QED) is 0.730. The number of nitrogens with one attached hydrogen (secondary N) is 2. The third-order valence-electron chi connectivity index (χ3n) is 5.02. The smallest absolute Gasteiger partial charge is 0.227 e. The number of ether oxygens (including phenoxy) is 1. The Balaban J connectivity index is 1.46. The second kappa shape index (κ2) is 5.41. The number of amides is 1. The van der Waals surface area contributed by atoms with Crippen LogP contribution in [0.2, 0.25) is 0 Å². The van der Waals surface area contributed by atoms with Crippen molar-refractivity contribution < 1.29 is 9.53 Å². The summed E-state index contributed by atoms with van der Waals surface area (Å²) in [5.41, 5.74) is 0.488. The Kier molecular flexibility index (Phi) is 3.81. The van der Waals surface area contributed by atoms with Crippen molar-refractivity contribution in [1.29, 1.82) is 0 Å². The van der Waals surface area contributed by atoms with E-state index in [9.17, 15) is 4.79 Å². The second-order valence-corrected chi connectivity index (χ2v) is 6.56. The van der Waals surface area contributed by atoms with E-state index in [4.69, 9.17) is 4.74 Å². The molecule has 1 aliphatic heterocycles. The zero-order valence-corrected chi connectivity index (χ0v) is 11.9. The molecule has 0 aromatic heterocycles. The molecule has 2 aliphatic carbocycles. The van der Waals surface area contributed by atoms with Gasteiger partial charge in [-0.2, -0.15) is 0 Å². The molecule has 19 heavy (non-hydrogen) atoms. The van der Waals surface area contributed by atoms with E-state index in [1.54, 1.807) is 0 Å². The van der Waals surface area contributed by atoms with Crippen LogP contribution in [-0.2, 0) is 9.53 Å². The fraction of sp³-hybridized carbons (Fsp3) is 0.933. The van der Waals surface area contributed by atoms with Gasteiger partial charge in [0, 0.05) is 12.6 Å². The van der Waals surface area contributed by atoms with Crippen LogP contribution < -0.4 is 10.6 Å². The van der Waals surface area contributed by atoms with Gasteiger partial charge in [-0.05, 0) is 50.0 Å². The molecule has 0 radical (unpaired) electrons. The van der Waals surface area contributed by atoms with Crippen LogP contribution in [0.3, 0.4) is 0 Å². The molecule has 108 valence electrons. The maximum Gasteiger partial charge on any atom is 0.227 e. The summed E-state index contributed by atoms with van der Waals surface area (Å²) in [4.78, 5) is 12.3. The lowest BCUT2D eigenvalue weighted by atomic mass is 9.99. The summed E-state index contributed by atoms with van der Waals surface area (Å²) in [5.74, 6) is 1.10. The highest BCUT2D eigenvalue weighted by molar-refractivity contribution is 5.80. The van der Waals surface area contributed by atoms with Crippen molar-refractivity contribution in [3.8, 4) is 0 Å². The van der Waals surface area contributed by atoms with Crippen LogP contribution >= 0.6 is 0 Å². The molecule has 2 saturated carbocycles. The number of hydrogen-bond acceptors (Lipinski definition) is 3. The number of carbonyl (C=O) groups excluding carboxylic acids is 1. The Hall–Kier alpha value is -0.610. The van der Waals surface area contributed by atoms with Gasteiger partial charge in [-0.3, -0.25) is 4.79 Å². The third kappa shape index (κ3) is 2.95. The minimum Gasteiger partial charge on any atom is -0.379 e. The summed E-state index contributed by atoms with van der Waals surface area (Å²) in [6.45, 7) is 5.25. The largest absolute Gasteiger partial charge is 0.379 e. The fourth-order valence-corrected chi connectivity index (χ4v) is 3.32. The van der Waals surface area contributed by atoms with Gasteiger partial charge < -0.3 is 15.4 Å². The number of rotatable bonds is 7. The van der Waals surface area contributed by atoms with E-state index < -0.39 is 0 Å². The first kappa shape index (κ1) is 13.4. The molecule has 0 aromatic carbocycles. The highest BCUT2D eigenvalue weighted by Crippen LogP contribution is 2.60. The second-order valence-electron chi connectivity index (χ2n) is 6.56. The minimum absolute atomic E-state index is 0.00144. The highest BCUT2D eigenvalue weighted by atomic mass is 16.5. The van der Waals surface area contributed by atoms with E-state index in [2.05, 4.69) is 17.6 Å². The molecule has 2 N–H and O–H groups in total. The molecule has 1 heterocycles. The highest BCUT2D eigenvalue weighted by Gasteiger charge is 2.53. The molecular formula is C15H26N2O2. The molecule has 0 aromatic rings. The van der Waals surface area contributed by atoms with E-state index in [0.29, 0.717) is 18.6 Å². The molecule has 2 atom stereocenters. The summed E-state index contributed by atoms with van der Waals surface area (Å²) in [7, 11) is 0. The summed E-state index contributed by atoms with van der Waals surface area (Å²) in [6.07, 6.45) is 6.48. The van der Waals surface area contributed by atoms with Crippen LogP contribution in [0.25, 0.3) is 0 Å². The van der Waals surface area contributed by atoms with E-state index in [-0.39, 0.29) is 17.9 Å². The summed E-state index contributed by atoms with van der Waals surface area (Å²) in [5, 5.41) is 6.62. The van der Waals surface area contributed by atoms with Crippen LogP contribution in [0.4, 0.5) is 0 Å². The molecule has 0 bridgehead atoms. The molecule has 4 heteroatoms. The average Bonchev–Trinajstić information content (AvgIpc) is 3.31. The van der Waals surface area contributed by atoms with Gasteiger partial charge in [0.1, 0.15) is 0 Å². The first-order valence-corrected chi connectivity index (χ1v) is 7.84. The van der Waals surface area contributed by atoms with Crippen molar-refractivity contribution in [2.75, 3.05) is 26.3 Å². The molecule has 3 fully saturated rings. The van der Waals surface area contributed by atoms with E-state index >= 15 is 0 Å². The molecule has 2 unspecified atom stereocenters. The topological polar surface area (TPSA) is 50.4 Å². The van der Waals surface area contributed by atoms with Crippen molar-refractivity contribution in [1.82, 2.24) is 10.6 Å². The van der Waals surface area contributed by atoms with Gasteiger partial charge in [-0.25, -0.2) is 0 Å². The Morgan fingerprint density at radius 1 is 1.32 bits per heavy atom. The molecule has 1 saturated heterocycles. The zero-order valence-electron chi connectivity index (χ0n) is 11.9. The molecule has 3 aliphatic rings. The predicted octanol–water partition coefficient (Wildman–Crippen LogP) is 1.31. The zero-order chi connectivity index (χ0) is 13.3. The third-order valence-corrected chi connectivity index (χ3v) is 5.02. The van der Waals surface area contributed by atoms with Gasteiger partial charge in [0.25, 0.3) is 0 Å². The van der Waals surface area contributed by atoms with Crippen molar-refractivity contribution in [2.24, 2.45) is 17.3 Å². The van der Waals surface area contributed by atoms with Crippen molar-refractivity contribution >= 4 is 5.91 Å². The van der Waals surface area contributed by atoms with Crippen LogP contribution in [0.5, 0.6) is 0 Å². The van der Waals surface area contributed by atoms with Gasteiger partial charge in [-0.1, -0.05) is 6.92 Å². The Labute approximate surface area is 115 Å². The SMILES string of the molecule is CCCNC1COCC1C(=O)NCC1(C2CC2)CC1. The van der Waals surface area contributed by atoms with E-state index in [1.807, 2.05) is 0 Å². The lowest BCUT2D eigenvalue weighted by Gasteiger charge is -2.21. The summed E-state index contributed by atoms with van der Waals surface area (Å²) < 4.78 is 5.47. The van der Waals surface area contributed by atoms with Gasteiger partial charge in [0.2, 0.25) is 5.91 Å². The number of carbonyl (C=O) groups is 1. The molecular weight excluding hydrogens is 240 g/mol. The Morgan fingerprint density at radius 3 is 2.74 bits per heavy atom. The first-order valence-electron chi connectivity index (χ1n) is 7.84. The van der Waals surface area contributed by atoms with E-state index in [1.165, 1.54) is 25.7 Å². The predicted molar refractivity (Wildman–Crippen MR) is 73.8 cm³/mol. The summed E-state index contributed by atoms with van der Waals surface area (Å²) in [6, 6.07) is 0.205. The van der Waals surface area contributed by atoms with E-state index in [0.717, 1.165) is 25.4 Å². The Morgan fingerprint density at radius 2 is 2.11 bits per heavy atom. The Bertz CT molecular complexity index is 337. The van der Waals surface area contributed by atoms with Crippen LogP contribution in [-0.4, -0.2) is 38.3 Å². The van der Waals surface area contributed by atoms with Crippen LogP contribution in [0.1, 0.15) is 39.0 Å². The first-order chi connectivity index (χ1) is 9.25.